The first kappa shape index (κ1) is 19.0. The van der Waals surface area contributed by atoms with E-state index in [4.69, 9.17) is 0 Å². The number of para-hydroxylation sites is 1. The van der Waals surface area contributed by atoms with Gasteiger partial charge in [-0.05, 0) is 31.9 Å². The molecule has 2 fully saturated rings. The van der Waals surface area contributed by atoms with E-state index < -0.39 is 46.3 Å². The first-order valence-electron chi connectivity index (χ1n) is 9.67. The molecule has 0 aromatic heterocycles. The van der Waals surface area contributed by atoms with E-state index in [0.29, 0.717) is 17.8 Å². The maximum atomic E-state index is 14.1. The van der Waals surface area contributed by atoms with E-state index in [9.17, 15) is 27.2 Å². The first-order chi connectivity index (χ1) is 14.4. The Morgan fingerprint density at radius 3 is 2.57 bits per heavy atom. The number of carbonyl (C=O) groups excluding carboxylic acids is 2. The molecule has 0 bridgehead atoms. The molecule has 3 aliphatic rings. The second-order valence-electron chi connectivity index (χ2n) is 7.88. The van der Waals surface area contributed by atoms with Gasteiger partial charge in [-0.1, -0.05) is 18.2 Å². The first-order valence-corrected chi connectivity index (χ1v) is 9.67. The Labute approximate surface area is 169 Å². The molecule has 9 heteroatoms. The molecule has 1 spiro atoms. The van der Waals surface area contributed by atoms with Crippen LogP contribution in [-0.4, -0.2) is 29.3 Å². The van der Waals surface area contributed by atoms with Crippen molar-refractivity contribution in [3.63, 3.8) is 0 Å². The number of anilines is 2. The van der Waals surface area contributed by atoms with Gasteiger partial charge in [0.25, 0.3) is 0 Å². The summed E-state index contributed by atoms with van der Waals surface area (Å²) in [6.07, 6.45) is 1.92. The van der Waals surface area contributed by atoms with Gasteiger partial charge in [-0.25, -0.2) is 17.6 Å². The van der Waals surface area contributed by atoms with Crippen molar-refractivity contribution >= 4 is 23.2 Å². The van der Waals surface area contributed by atoms with Gasteiger partial charge in [-0.15, -0.1) is 0 Å². The summed E-state index contributed by atoms with van der Waals surface area (Å²) in [6, 6.07) is 6.99. The summed E-state index contributed by atoms with van der Waals surface area (Å²) < 4.78 is 55.4. The third-order valence-electron chi connectivity index (χ3n) is 6.45. The molecule has 156 valence electrons. The maximum Gasteiger partial charge on any atom is 0.250 e. The predicted octanol–water partition coefficient (Wildman–Crippen LogP) is 3.51. The largest absolute Gasteiger partial charge is 0.324 e. The molecule has 2 aromatic rings. The molecule has 3 aliphatic heterocycles. The van der Waals surface area contributed by atoms with Gasteiger partial charge >= 0.3 is 0 Å². The number of nitrogens with one attached hydrogen (secondary N) is 2. The highest BCUT2D eigenvalue weighted by Crippen LogP contribution is 2.55. The van der Waals surface area contributed by atoms with Crippen LogP contribution in [0.25, 0.3) is 0 Å². The van der Waals surface area contributed by atoms with Gasteiger partial charge in [0.1, 0.15) is 11.2 Å². The molecular weight excluding hydrogens is 402 g/mol. The van der Waals surface area contributed by atoms with Crippen LogP contribution in [-0.2, 0) is 15.1 Å². The van der Waals surface area contributed by atoms with Crippen LogP contribution in [0.5, 0.6) is 0 Å². The number of hydrogen-bond donors (Lipinski definition) is 2. The number of carbonyl (C=O) groups is 2. The summed E-state index contributed by atoms with van der Waals surface area (Å²) in [5.41, 5.74) is -1.33. The zero-order valence-electron chi connectivity index (χ0n) is 15.6. The zero-order chi connectivity index (χ0) is 21.2. The number of halogens is 4. The average molecular weight is 419 g/mol. The minimum atomic E-state index is -1.69. The molecule has 2 aromatic carbocycles. The quantitative estimate of drug-likeness (QED) is 0.579. The van der Waals surface area contributed by atoms with Crippen LogP contribution in [0.2, 0.25) is 0 Å². The standard InChI is InChI=1S/C21H17F4N3O2/c22-13-9-14(23)17(25)18(16(13)24)27-19(29)12-8-10-4-3-7-28(10)21(12)11-5-1-2-6-15(11)26-20(21)30/h1-2,5-6,9-10,12H,3-4,7-8H2,(H,26,30)(H,27,29). The van der Waals surface area contributed by atoms with E-state index >= 15 is 0 Å². The molecule has 5 rings (SSSR count). The van der Waals surface area contributed by atoms with Gasteiger partial charge in [-0.2, -0.15) is 0 Å². The Morgan fingerprint density at radius 1 is 1.13 bits per heavy atom. The molecule has 2 amide bonds. The lowest BCUT2D eigenvalue weighted by atomic mass is 9.78. The molecule has 5 nitrogen and oxygen atoms in total. The van der Waals surface area contributed by atoms with Crippen LogP contribution in [0.4, 0.5) is 28.9 Å². The number of hydrogen-bond acceptors (Lipinski definition) is 3. The van der Waals surface area contributed by atoms with E-state index in [0.717, 1.165) is 12.8 Å². The summed E-state index contributed by atoms with van der Waals surface area (Å²) in [7, 11) is 0. The van der Waals surface area contributed by atoms with Crippen LogP contribution in [0.3, 0.4) is 0 Å². The highest BCUT2D eigenvalue weighted by Gasteiger charge is 2.65. The lowest BCUT2D eigenvalue weighted by molar-refractivity contribution is -0.135. The third-order valence-corrected chi connectivity index (χ3v) is 6.45. The lowest BCUT2D eigenvalue weighted by Gasteiger charge is -2.36. The van der Waals surface area contributed by atoms with E-state index in [1.807, 2.05) is 10.2 Å². The smallest absolute Gasteiger partial charge is 0.250 e. The Morgan fingerprint density at radius 2 is 1.83 bits per heavy atom. The molecule has 0 radical (unpaired) electrons. The molecule has 3 heterocycles. The van der Waals surface area contributed by atoms with Crippen molar-refractivity contribution < 1.29 is 27.2 Å². The second-order valence-corrected chi connectivity index (χ2v) is 7.88. The fourth-order valence-electron chi connectivity index (χ4n) is 5.27. The van der Waals surface area contributed by atoms with Crippen LogP contribution >= 0.6 is 0 Å². The topological polar surface area (TPSA) is 61.4 Å². The fourth-order valence-corrected chi connectivity index (χ4v) is 5.27. The Kier molecular flexibility index (Phi) is 4.15. The van der Waals surface area contributed by atoms with Crippen molar-refractivity contribution in [3.8, 4) is 0 Å². The predicted molar refractivity (Wildman–Crippen MR) is 99.5 cm³/mol. The molecule has 3 unspecified atom stereocenters. The molecule has 2 saturated heterocycles. The number of amides is 2. The summed E-state index contributed by atoms with van der Waals surface area (Å²) in [5.74, 6) is -8.85. The number of rotatable bonds is 2. The monoisotopic (exact) mass is 419 g/mol. The minimum Gasteiger partial charge on any atom is -0.324 e. The van der Waals surface area contributed by atoms with Gasteiger partial charge in [0.2, 0.25) is 11.8 Å². The van der Waals surface area contributed by atoms with Crippen LogP contribution < -0.4 is 10.6 Å². The van der Waals surface area contributed by atoms with E-state index in [1.165, 1.54) is 0 Å². The Hall–Kier alpha value is -2.94. The molecular formula is C21H17F4N3O2. The maximum absolute atomic E-state index is 14.1. The SMILES string of the molecule is O=C(Nc1c(F)c(F)cc(F)c1F)C1CC2CCCN2C12C(=O)Nc1ccccc12. The Balaban J connectivity index is 1.59. The van der Waals surface area contributed by atoms with E-state index in [1.54, 1.807) is 24.3 Å². The molecule has 30 heavy (non-hydrogen) atoms. The van der Waals surface area contributed by atoms with Gasteiger partial charge in [-0.3, -0.25) is 14.5 Å². The zero-order valence-corrected chi connectivity index (χ0v) is 15.6. The summed E-state index contributed by atoms with van der Waals surface area (Å²) >= 11 is 0. The third kappa shape index (κ3) is 2.38. The van der Waals surface area contributed by atoms with E-state index in [2.05, 4.69) is 5.32 Å². The van der Waals surface area contributed by atoms with Crippen molar-refractivity contribution in [2.45, 2.75) is 30.8 Å². The van der Waals surface area contributed by atoms with Gasteiger partial charge in [0, 0.05) is 23.4 Å². The van der Waals surface area contributed by atoms with Crippen LogP contribution in [0.1, 0.15) is 24.8 Å². The number of fused-ring (bicyclic) bond motifs is 4. The van der Waals surface area contributed by atoms with Crippen molar-refractivity contribution in [2.24, 2.45) is 5.92 Å². The number of nitrogens with zero attached hydrogens (tertiary/aromatic N) is 1. The summed E-state index contributed by atoms with van der Waals surface area (Å²) in [6.45, 7) is 0.591. The minimum absolute atomic E-state index is 0.0587. The van der Waals surface area contributed by atoms with Crippen LogP contribution in [0.15, 0.2) is 30.3 Å². The van der Waals surface area contributed by atoms with Gasteiger partial charge in [0.05, 0.1) is 5.92 Å². The molecule has 0 saturated carbocycles. The van der Waals surface area contributed by atoms with Crippen molar-refractivity contribution in [3.05, 3.63) is 59.2 Å². The Bertz CT molecular complexity index is 1070. The van der Waals surface area contributed by atoms with Gasteiger partial charge < -0.3 is 10.6 Å². The molecule has 2 N–H and O–H groups in total. The van der Waals surface area contributed by atoms with E-state index in [-0.39, 0.29) is 24.4 Å². The summed E-state index contributed by atoms with van der Waals surface area (Å²) in [4.78, 5) is 28.4. The highest BCUT2D eigenvalue weighted by molar-refractivity contribution is 6.10. The number of benzene rings is 2. The van der Waals surface area contributed by atoms with Crippen molar-refractivity contribution in [2.75, 3.05) is 17.2 Å². The second kappa shape index (κ2) is 6.53. The summed E-state index contributed by atoms with van der Waals surface area (Å²) in [5, 5.41) is 4.82. The normalized spacial score (nSPS) is 27.3. The lowest BCUT2D eigenvalue weighted by Crippen LogP contribution is -2.53. The average Bonchev–Trinajstić information content (AvgIpc) is 3.38. The van der Waals surface area contributed by atoms with Crippen molar-refractivity contribution in [1.82, 2.24) is 4.90 Å². The molecule has 3 atom stereocenters. The van der Waals surface area contributed by atoms with Gasteiger partial charge in [0.15, 0.2) is 23.3 Å². The van der Waals surface area contributed by atoms with Crippen molar-refractivity contribution in [1.29, 1.82) is 0 Å². The highest BCUT2D eigenvalue weighted by atomic mass is 19.2. The molecule has 0 aliphatic carbocycles. The van der Waals surface area contributed by atoms with Crippen LogP contribution in [0, 0.1) is 29.2 Å². The fraction of sp³-hybridized carbons (Fsp3) is 0.333.